The molecule has 0 spiro atoms. The minimum Gasteiger partial charge on any atom is -0.489 e. The number of rotatable bonds is 4. The van der Waals surface area contributed by atoms with E-state index in [1.807, 2.05) is 24.3 Å². The fourth-order valence-corrected chi connectivity index (χ4v) is 2.27. The molecule has 2 unspecified atom stereocenters. The van der Waals surface area contributed by atoms with Crippen LogP contribution in [0.3, 0.4) is 0 Å². The lowest BCUT2D eigenvalue weighted by Crippen LogP contribution is -2.27. The van der Waals surface area contributed by atoms with E-state index in [9.17, 15) is 9.59 Å². The highest BCUT2D eigenvalue weighted by Crippen LogP contribution is 2.40. The van der Waals surface area contributed by atoms with E-state index in [0.717, 1.165) is 5.56 Å². The van der Waals surface area contributed by atoms with Gasteiger partial charge in [0.15, 0.2) is 0 Å². The van der Waals surface area contributed by atoms with Crippen LogP contribution in [0.5, 0.6) is 5.75 Å². The van der Waals surface area contributed by atoms with E-state index >= 15 is 0 Å². The normalized spacial score (nSPS) is 20.3. The molecule has 0 radical (unpaired) electrons. The summed E-state index contributed by atoms with van der Waals surface area (Å²) in [5.41, 5.74) is 0.809. The molecule has 1 aliphatic rings. The summed E-state index contributed by atoms with van der Waals surface area (Å²) in [5, 5.41) is 0. The fraction of sp³-hybridized carbons (Fsp3) is 0.429. The van der Waals surface area contributed by atoms with Crippen molar-refractivity contribution in [2.45, 2.75) is 24.9 Å². The van der Waals surface area contributed by atoms with Crippen molar-refractivity contribution in [3.8, 4) is 5.75 Å². The van der Waals surface area contributed by atoms with Gasteiger partial charge >= 0.3 is 11.9 Å². The predicted octanol–water partition coefficient (Wildman–Crippen LogP) is 1.66. The summed E-state index contributed by atoms with van der Waals surface area (Å²) < 4.78 is 15.1. The largest absolute Gasteiger partial charge is 0.489 e. The third-order valence-corrected chi connectivity index (χ3v) is 3.22. The van der Waals surface area contributed by atoms with Gasteiger partial charge < -0.3 is 14.2 Å². The smallest absolute Gasteiger partial charge is 0.317 e. The summed E-state index contributed by atoms with van der Waals surface area (Å²) in [5.74, 6) is -0.471. The molecule has 2 atom stereocenters. The first-order valence-electron chi connectivity index (χ1n) is 6.07. The lowest BCUT2D eigenvalue weighted by Gasteiger charge is -2.16. The molecule has 0 aromatic heterocycles. The molecule has 1 aromatic rings. The number of esters is 2. The Bertz CT molecular complexity index is 482. The van der Waals surface area contributed by atoms with Crippen molar-refractivity contribution in [1.82, 2.24) is 0 Å². The van der Waals surface area contributed by atoms with Gasteiger partial charge in [-0.1, -0.05) is 18.2 Å². The maximum atomic E-state index is 11.9. The van der Waals surface area contributed by atoms with Crippen LogP contribution >= 0.6 is 0 Å². The predicted molar refractivity (Wildman–Crippen MR) is 66.9 cm³/mol. The Labute approximate surface area is 111 Å². The Morgan fingerprint density at radius 2 is 1.95 bits per heavy atom. The summed E-state index contributed by atoms with van der Waals surface area (Å²) in [7, 11) is 2.69. The second-order valence-corrected chi connectivity index (χ2v) is 4.31. The van der Waals surface area contributed by atoms with Gasteiger partial charge in [-0.15, -0.1) is 0 Å². The average Bonchev–Trinajstić information content (AvgIpc) is 2.82. The quantitative estimate of drug-likeness (QED) is 0.774. The van der Waals surface area contributed by atoms with Gasteiger partial charge in [-0.05, 0) is 12.5 Å². The summed E-state index contributed by atoms with van der Waals surface area (Å²) >= 11 is 0. The van der Waals surface area contributed by atoms with Gasteiger partial charge in [-0.2, -0.15) is 0 Å². The Morgan fingerprint density at radius 1 is 1.21 bits per heavy atom. The van der Waals surface area contributed by atoms with Crippen LogP contribution < -0.4 is 4.74 Å². The average molecular weight is 264 g/mol. The molecule has 102 valence electrons. The Hall–Kier alpha value is -2.04. The summed E-state index contributed by atoms with van der Waals surface area (Å²) in [6, 6.07) is 7.34. The van der Waals surface area contributed by atoms with Gasteiger partial charge in [-0.25, -0.2) is 0 Å². The number of methoxy groups -OCH3 is 2. The number of fused-ring (bicyclic) bond motifs is 1. The van der Waals surface area contributed by atoms with Crippen LogP contribution in [-0.4, -0.2) is 32.3 Å². The summed E-state index contributed by atoms with van der Waals surface area (Å²) in [4.78, 5) is 23.1. The molecule has 0 saturated carbocycles. The Morgan fingerprint density at radius 3 is 2.63 bits per heavy atom. The van der Waals surface area contributed by atoms with Crippen LogP contribution in [0, 0.1) is 0 Å². The molecule has 0 saturated heterocycles. The van der Waals surface area contributed by atoms with E-state index in [2.05, 4.69) is 4.74 Å². The number of hydrogen-bond acceptors (Lipinski definition) is 5. The summed E-state index contributed by atoms with van der Waals surface area (Å²) in [6.07, 6.45) is 0.244. The molecule has 19 heavy (non-hydrogen) atoms. The molecule has 0 amide bonds. The van der Waals surface area contributed by atoms with Gasteiger partial charge in [0.05, 0.1) is 14.2 Å². The molecular weight excluding hydrogens is 248 g/mol. The Balaban J connectivity index is 2.16. The van der Waals surface area contributed by atoms with Crippen LogP contribution in [0.15, 0.2) is 24.3 Å². The number of para-hydroxylation sites is 1. The van der Waals surface area contributed by atoms with Crippen LogP contribution in [0.25, 0.3) is 0 Å². The maximum absolute atomic E-state index is 11.9. The lowest BCUT2D eigenvalue weighted by atomic mass is 9.93. The maximum Gasteiger partial charge on any atom is 0.317 e. The van der Waals surface area contributed by atoms with Crippen LogP contribution in [0.4, 0.5) is 0 Å². The lowest BCUT2D eigenvalue weighted by molar-refractivity contribution is -0.145. The van der Waals surface area contributed by atoms with E-state index in [1.54, 1.807) is 0 Å². The van der Waals surface area contributed by atoms with Crippen molar-refractivity contribution in [2.75, 3.05) is 14.2 Å². The molecule has 0 N–H and O–H groups in total. The second-order valence-electron chi connectivity index (χ2n) is 4.31. The first-order valence-corrected chi connectivity index (χ1v) is 6.07. The number of carbonyl (C=O) groups excluding carboxylic acids is 2. The zero-order valence-corrected chi connectivity index (χ0v) is 10.9. The minimum atomic E-state index is -0.481. The molecular formula is C14H16O5. The summed E-state index contributed by atoms with van der Waals surface area (Å²) in [6.45, 7) is 0. The van der Waals surface area contributed by atoms with Crippen molar-refractivity contribution in [3.05, 3.63) is 29.8 Å². The molecule has 0 aliphatic carbocycles. The van der Waals surface area contributed by atoms with Crippen molar-refractivity contribution in [1.29, 1.82) is 0 Å². The fourth-order valence-electron chi connectivity index (χ4n) is 2.27. The van der Waals surface area contributed by atoms with Crippen LogP contribution in [-0.2, 0) is 19.1 Å². The standard InChI is InChI=1S/C14H16O5/c1-17-12(15)8-7-11-13(14(16)18-2)9-5-3-4-6-10(9)19-11/h3-6,11,13H,7-8H2,1-2H3. The minimum absolute atomic E-state index is 0.211. The molecule has 1 heterocycles. The topological polar surface area (TPSA) is 61.8 Å². The first kappa shape index (κ1) is 13.4. The molecule has 1 aliphatic heterocycles. The number of benzene rings is 1. The Kier molecular flexibility index (Phi) is 4.04. The van der Waals surface area contributed by atoms with Gasteiger partial charge in [0.2, 0.25) is 0 Å². The van der Waals surface area contributed by atoms with Gasteiger partial charge in [0.25, 0.3) is 0 Å². The SMILES string of the molecule is COC(=O)CCC1Oc2ccccc2C1C(=O)OC. The first-order chi connectivity index (χ1) is 9.17. The monoisotopic (exact) mass is 264 g/mol. The molecule has 0 fully saturated rings. The molecule has 5 nitrogen and oxygen atoms in total. The van der Waals surface area contributed by atoms with Gasteiger partial charge in [-0.3, -0.25) is 9.59 Å². The molecule has 5 heteroatoms. The van der Waals surface area contributed by atoms with Gasteiger partial charge in [0, 0.05) is 12.0 Å². The highest BCUT2D eigenvalue weighted by molar-refractivity contribution is 5.81. The van der Waals surface area contributed by atoms with Crippen LogP contribution in [0.1, 0.15) is 24.3 Å². The van der Waals surface area contributed by atoms with Gasteiger partial charge in [0.1, 0.15) is 17.8 Å². The zero-order chi connectivity index (χ0) is 13.8. The molecule has 0 bridgehead atoms. The van der Waals surface area contributed by atoms with E-state index in [0.29, 0.717) is 12.2 Å². The van der Waals surface area contributed by atoms with Crippen molar-refractivity contribution >= 4 is 11.9 Å². The molecule has 2 rings (SSSR count). The van der Waals surface area contributed by atoms with Crippen molar-refractivity contribution < 1.29 is 23.8 Å². The third-order valence-electron chi connectivity index (χ3n) is 3.22. The second kappa shape index (κ2) is 5.73. The highest BCUT2D eigenvalue weighted by atomic mass is 16.5. The van der Waals surface area contributed by atoms with Crippen molar-refractivity contribution in [2.24, 2.45) is 0 Å². The number of carbonyl (C=O) groups is 2. The van der Waals surface area contributed by atoms with E-state index < -0.39 is 5.92 Å². The van der Waals surface area contributed by atoms with E-state index in [4.69, 9.17) is 9.47 Å². The number of ether oxygens (including phenoxy) is 3. The molecule has 1 aromatic carbocycles. The van der Waals surface area contributed by atoms with E-state index in [1.165, 1.54) is 14.2 Å². The highest BCUT2D eigenvalue weighted by Gasteiger charge is 2.40. The van der Waals surface area contributed by atoms with E-state index in [-0.39, 0.29) is 24.5 Å². The van der Waals surface area contributed by atoms with Crippen molar-refractivity contribution in [3.63, 3.8) is 0 Å². The third kappa shape index (κ3) is 2.70. The van der Waals surface area contributed by atoms with Crippen LogP contribution in [0.2, 0.25) is 0 Å². The zero-order valence-electron chi connectivity index (χ0n) is 10.9. The number of hydrogen-bond donors (Lipinski definition) is 0.